The van der Waals surface area contributed by atoms with Crippen molar-refractivity contribution in [1.29, 1.82) is 0 Å². The number of hydrogen-bond acceptors (Lipinski definition) is 4. The summed E-state index contributed by atoms with van der Waals surface area (Å²) < 4.78 is 0. The van der Waals surface area contributed by atoms with E-state index in [-0.39, 0.29) is 28.2 Å². The molecular weight excluding hydrogens is 300 g/mol. The van der Waals surface area contributed by atoms with Gasteiger partial charge in [-0.1, -0.05) is 36.4 Å². The molecule has 4 N–H and O–H groups in total. The van der Waals surface area contributed by atoms with Crippen LogP contribution in [0.5, 0.6) is 11.5 Å². The lowest BCUT2D eigenvalue weighted by Gasteiger charge is -2.15. The Morgan fingerprint density at radius 3 is 1.57 bits per heavy atom. The Morgan fingerprint density at radius 1 is 0.783 bits per heavy atom. The molecule has 6 nitrogen and oxygen atoms in total. The summed E-state index contributed by atoms with van der Waals surface area (Å²) in [7, 11) is 0. The van der Waals surface area contributed by atoms with Crippen molar-refractivity contribution < 1.29 is 30.0 Å². The zero-order valence-corrected chi connectivity index (χ0v) is 11.9. The fourth-order valence-electron chi connectivity index (χ4n) is 2.26. The third kappa shape index (κ3) is 3.49. The first-order valence-corrected chi connectivity index (χ1v) is 6.66. The number of phenols is 2. The first-order chi connectivity index (χ1) is 10.9. The molecule has 0 unspecified atom stereocenters. The lowest BCUT2D eigenvalue weighted by atomic mass is 9.90. The summed E-state index contributed by atoms with van der Waals surface area (Å²) in [4.78, 5) is 22.6. The fraction of sp³-hybridized carbons (Fsp3) is 0.0588. The number of aliphatic carboxylic acids is 2. The molecule has 2 rings (SSSR count). The molecule has 23 heavy (non-hydrogen) atoms. The molecular formula is C17H14O6. The number of phenolic OH excluding ortho intramolecular Hbond substituents is 2. The molecule has 0 saturated heterocycles. The van der Waals surface area contributed by atoms with Gasteiger partial charge in [-0.3, -0.25) is 4.79 Å². The number of para-hydroxylation sites is 2. The zero-order valence-electron chi connectivity index (χ0n) is 11.9. The highest BCUT2D eigenvalue weighted by molar-refractivity contribution is 6.05. The second-order valence-corrected chi connectivity index (χ2v) is 4.76. The minimum Gasteiger partial charge on any atom is -0.507 e. The smallest absolute Gasteiger partial charge is 0.332 e. The average Bonchev–Trinajstić information content (AvgIpc) is 2.49. The van der Waals surface area contributed by atoms with Gasteiger partial charge in [0.15, 0.2) is 0 Å². The normalized spacial score (nSPS) is 10.1. The Labute approximate surface area is 131 Å². The number of benzene rings is 2. The van der Waals surface area contributed by atoms with Gasteiger partial charge >= 0.3 is 11.9 Å². The van der Waals surface area contributed by atoms with Crippen molar-refractivity contribution in [2.24, 2.45) is 0 Å². The Kier molecular flexibility index (Phi) is 4.66. The van der Waals surface area contributed by atoms with Crippen LogP contribution in [-0.4, -0.2) is 32.4 Å². The number of carbonyl (C=O) groups is 2. The van der Waals surface area contributed by atoms with E-state index in [0.29, 0.717) is 0 Å². The Morgan fingerprint density at radius 2 is 1.22 bits per heavy atom. The van der Waals surface area contributed by atoms with E-state index in [4.69, 9.17) is 5.11 Å². The van der Waals surface area contributed by atoms with Crippen LogP contribution in [0, 0.1) is 0 Å². The predicted octanol–water partition coefficient (Wildman–Crippen LogP) is 2.46. The van der Waals surface area contributed by atoms with Gasteiger partial charge in [0.2, 0.25) is 0 Å². The second-order valence-electron chi connectivity index (χ2n) is 4.76. The van der Waals surface area contributed by atoms with Gasteiger partial charge < -0.3 is 20.4 Å². The maximum atomic E-state index is 11.6. The van der Waals surface area contributed by atoms with E-state index in [1.165, 1.54) is 24.3 Å². The summed E-state index contributed by atoms with van der Waals surface area (Å²) in [6, 6.07) is 11.9. The zero-order chi connectivity index (χ0) is 17.0. The van der Waals surface area contributed by atoms with E-state index in [0.717, 1.165) is 0 Å². The Hall–Kier alpha value is -3.28. The van der Waals surface area contributed by atoms with Crippen LogP contribution in [0.4, 0.5) is 0 Å². The average molecular weight is 314 g/mol. The third-order valence-electron chi connectivity index (χ3n) is 3.23. The van der Waals surface area contributed by atoms with E-state index in [9.17, 15) is 24.9 Å². The number of rotatable bonds is 5. The summed E-state index contributed by atoms with van der Waals surface area (Å²) in [5.41, 5.74) is -0.197. The molecule has 2 aromatic carbocycles. The molecule has 0 aliphatic carbocycles. The van der Waals surface area contributed by atoms with Gasteiger partial charge in [0.25, 0.3) is 0 Å². The van der Waals surface area contributed by atoms with Crippen molar-refractivity contribution in [2.45, 2.75) is 6.42 Å². The van der Waals surface area contributed by atoms with Gasteiger partial charge in [0.1, 0.15) is 11.5 Å². The van der Waals surface area contributed by atoms with Crippen molar-refractivity contribution in [3.63, 3.8) is 0 Å². The van der Waals surface area contributed by atoms with Crippen molar-refractivity contribution in [3.8, 4) is 11.5 Å². The van der Waals surface area contributed by atoms with Gasteiger partial charge in [0, 0.05) is 16.7 Å². The van der Waals surface area contributed by atoms with E-state index < -0.39 is 23.9 Å². The van der Waals surface area contributed by atoms with Gasteiger partial charge in [-0.2, -0.15) is 0 Å². The summed E-state index contributed by atoms with van der Waals surface area (Å²) in [6.45, 7) is 0. The third-order valence-corrected chi connectivity index (χ3v) is 3.23. The van der Waals surface area contributed by atoms with Crippen LogP contribution in [0.25, 0.3) is 5.57 Å². The van der Waals surface area contributed by atoms with Gasteiger partial charge in [0.05, 0.1) is 12.0 Å². The SMILES string of the molecule is O=C(O)CC(C(=O)O)=C(c1ccccc1O)c1ccccc1O. The summed E-state index contributed by atoms with van der Waals surface area (Å²) in [5, 5.41) is 38.5. The first-order valence-electron chi connectivity index (χ1n) is 6.66. The molecule has 0 heterocycles. The fourth-order valence-corrected chi connectivity index (χ4v) is 2.26. The van der Waals surface area contributed by atoms with E-state index in [1.54, 1.807) is 24.3 Å². The number of carboxylic acids is 2. The first kappa shape index (κ1) is 16.1. The molecule has 118 valence electrons. The van der Waals surface area contributed by atoms with E-state index >= 15 is 0 Å². The second kappa shape index (κ2) is 6.65. The molecule has 6 heteroatoms. The van der Waals surface area contributed by atoms with Crippen LogP contribution < -0.4 is 0 Å². The molecule has 0 aliphatic rings. The highest BCUT2D eigenvalue weighted by Crippen LogP contribution is 2.37. The summed E-state index contributed by atoms with van der Waals surface area (Å²) in [6.07, 6.45) is -0.757. The van der Waals surface area contributed by atoms with Crippen molar-refractivity contribution in [3.05, 3.63) is 65.2 Å². The molecule has 0 radical (unpaired) electrons. The van der Waals surface area contributed by atoms with Crippen LogP contribution in [0.15, 0.2) is 54.1 Å². The van der Waals surface area contributed by atoms with Crippen molar-refractivity contribution in [2.75, 3.05) is 0 Å². The maximum Gasteiger partial charge on any atom is 0.332 e. The molecule has 0 saturated carbocycles. The summed E-state index contributed by atoms with van der Waals surface area (Å²) >= 11 is 0. The van der Waals surface area contributed by atoms with Crippen LogP contribution in [0.1, 0.15) is 17.5 Å². The molecule has 2 aromatic rings. The van der Waals surface area contributed by atoms with E-state index in [2.05, 4.69) is 0 Å². The van der Waals surface area contributed by atoms with Crippen LogP contribution in [-0.2, 0) is 9.59 Å². The molecule has 0 fully saturated rings. The van der Waals surface area contributed by atoms with Crippen molar-refractivity contribution >= 4 is 17.5 Å². The highest BCUT2D eigenvalue weighted by Gasteiger charge is 2.23. The maximum absolute atomic E-state index is 11.6. The lowest BCUT2D eigenvalue weighted by Crippen LogP contribution is -2.10. The van der Waals surface area contributed by atoms with Crippen LogP contribution in [0.3, 0.4) is 0 Å². The quantitative estimate of drug-likeness (QED) is 0.630. The highest BCUT2D eigenvalue weighted by atomic mass is 16.4. The monoisotopic (exact) mass is 314 g/mol. The molecule has 0 aliphatic heterocycles. The Bertz CT molecular complexity index is 744. The van der Waals surface area contributed by atoms with Crippen LogP contribution in [0.2, 0.25) is 0 Å². The van der Waals surface area contributed by atoms with E-state index in [1.807, 2.05) is 0 Å². The molecule has 0 amide bonds. The standard InChI is InChI=1S/C17H14O6/c18-13-7-3-1-5-10(13)16(11-6-2-4-8-14(11)19)12(17(22)23)9-15(20)21/h1-8,18-19H,9H2,(H,20,21)(H,22,23). The number of carboxylic acid groups (broad SMARTS) is 2. The van der Waals surface area contributed by atoms with Crippen molar-refractivity contribution in [1.82, 2.24) is 0 Å². The molecule has 0 aromatic heterocycles. The topological polar surface area (TPSA) is 115 Å². The largest absolute Gasteiger partial charge is 0.507 e. The van der Waals surface area contributed by atoms with Crippen LogP contribution >= 0.6 is 0 Å². The number of aromatic hydroxyl groups is 2. The van der Waals surface area contributed by atoms with Gasteiger partial charge in [-0.05, 0) is 12.1 Å². The molecule has 0 spiro atoms. The number of hydrogen-bond donors (Lipinski definition) is 4. The Balaban J connectivity index is 2.85. The van der Waals surface area contributed by atoms with Gasteiger partial charge in [-0.25, -0.2) is 4.79 Å². The summed E-state index contributed by atoms with van der Waals surface area (Å²) in [5.74, 6) is -3.19. The molecule has 0 bridgehead atoms. The minimum absolute atomic E-state index is 0.0314. The molecule has 0 atom stereocenters. The van der Waals surface area contributed by atoms with Gasteiger partial charge in [-0.15, -0.1) is 0 Å². The predicted molar refractivity (Wildman–Crippen MR) is 82.1 cm³/mol. The lowest BCUT2D eigenvalue weighted by molar-refractivity contribution is -0.139. The minimum atomic E-state index is -1.44.